The highest BCUT2D eigenvalue weighted by Gasteiger charge is 2.48. The van der Waals surface area contributed by atoms with Gasteiger partial charge in [-0.25, -0.2) is 4.98 Å². The quantitative estimate of drug-likeness (QED) is 0.171. The number of hydrogen-bond acceptors (Lipinski definition) is 7. The Morgan fingerprint density at radius 2 is 1.68 bits per heavy atom. The fourth-order valence-electron chi connectivity index (χ4n) is 4.80. The predicted octanol–water partition coefficient (Wildman–Crippen LogP) is 6.34. The first-order valence-electron chi connectivity index (χ1n) is 12.5. The van der Waals surface area contributed by atoms with Crippen molar-refractivity contribution in [2.45, 2.75) is 33.7 Å². The molecule has 1 saturated heterocycles. The van der Waals surface area contributed by atoms with Gasteiger partial charge >= 0.3 is 5.91 Å². The van der Waals surface area contributed by atoms with Crippen molar-refractivity contribution in [3.05, 3.63) is 88.5 Å². The Bertz CT molecular complexity index is 1570. The van der Waals surface area contributed by atoms with Crippen LogP contribution in [0.2, 0.25) is 0 Å². The number of carbonyl (C=O) groups is 2. The Kier molecular flexibility index (Phi) is 6.91. The average Bonchev–Trinajstić information content (AvgIpc) is 3.44. The standard InChI is InChI=1S/C30H28N2O5S/c1-5-36-21-13-12-20(16-22(21)37-6-2)26-24(27(33)19-10-8-7-9-11-19)28(34)29(35)32(26)30-31-25-18(4)14-17(3)15-23(25)38-30/h7-16,26,33H,5-6H2,1-4H3/b27-24+. The molecule has 1 aliphatic rings. The average molecular weight is 529 g/mol. The van der Waals surface area contributed by atoms with Gasteiger partial charge in [-0.05, 0) is 62.6 Å². The number of anilines is 1. The Morgan fingerprint density at radius 1 is 0.974 bits per heavy atom. The van der Waals surface area contributed by atoms with Crippen molar-refractivity contribution in [2.75, 3.05) is 18.1 Å². The maximum absolute atomic E-state index is 13.6. The number of benzene rings is 3. The minimum absolute atomic E-state index is 0.0000306. The zero-order valence-electron chi connectivity index (χ0n) is 21.6. The van der Waals surface area contributed by atoms with E-state index < -0.39 is 17.7 Å². The number of aryl methyl sites for hydroxylation is 2. The van der Waals surface area contributed by atoms with Gasteiger partial charge in [0.1, 0.15) is 5.76 Å². The third-order valence-electron chi connectivity index (χ3n) is 6.40. The lowest BCUT2D eigenvalue weighted by atomic mass is 9.95. The van der Waals surface area contributed by atoms with Crippen LogP contribution in [0.5, 0.6) is 11.5 Å². The lowest BCUT2D eigenvalue weighted by molar-refractivity contribution is -0.132. The van der Waals surface area contributed by atoms with Crippen molar-refractivity contribution >= 4 is 44.1 Å². The second-order valence-corrected chi connectivity index (χ2v) is 10.0. The summed E-state index contributed by atoms with van der Waals surface area (Å²) >= 11 is 1.34. The second kappa shape index (κ2) is 10.3. The van der Waals surface area contributed by atoms with Crippen LogP contribution in [-0.4, -0.2) is 35.0 Å². The highest BCUT2D eigenvalue weighted by Crippen LogP contribution is 2.46. The minimum Gasteiger partial charge on any atom is -0.507 e. The smallest absolute Gasteiger partial charge is 0.301 e. The third kappa shape index (κ3) is 4.41. The summed E-state index contributed by atoms with van der Waals surface area (Å²) in [6, 6.07) is 17.2. The van der Waals surface area contributed by atoms with Gasteiger partial charge in [-0.1, -0.05) is 53.8 Å². The van der Waals surface area contributed by atoms with Crippen molar-refractivity contribution in [3.8, 4) is 11.5 Å². The van der Waals surface area contributed by atoms with Crippen molar-refractivity contribution in [1.29, 1.82) is 0 Å². The summed E-state index contributed by atoms with van der Waals surface area (Å²) in [6.45, 7) is 8.60. The number of nitrogens with zero attached hydrogens (tertiary/aromatic N) is 2. The summed E-state index contributed by atoms with van der Waals surface area (Å²) in [5.41, 5.74) is 3.89. The van der Waals surface area contributed by atoms with E-state index in [1.807, 2.05) is 45.9 Å². The summed E-state index contributed by atoms with van der Waals surface area (Å²) in [6.07, 6.45) is 0. The zero-order chi connectivity index (χ0) is 27.0. The van der Waals surface area contributed by atoms with E-state index in [-0.39, 0.29) is 11.3 Å². The van der Waals surface area contributed by atoms with Crippen LogP contribution in [0.25, 0.3) is 16.0 Å². The molecule has 2 heterocycles. The summed E-state index contributed by atoms with van der Waals surface area (Å²) in [4.78, 5) is 33.3. The molecule has 0 spiro atoms. The molecule has 0 bridgehead atoms. The van der Waals surface area contributed by atoms with E-state index in [2.05, 4.69) is 0 Å². The number of aromatic nitrogens is 1. The molecule has 194 valence electrons. The normalized spacial score (nSPS) is 16.8. The molecule has 7 nitrogen and oxygen atoms in total. The number of rotatable bonds is 7. The van der Waals surface area contributed by atoms with Gasteiger partial charge in [0.05, 0.1) is 35.0 Å². The molecule has 0 radical (unpaired) electrons. The first-order chi connectivity index (χ1) is 18.3. The molecule has 8 heteroatoms. The molecule has 5 rings (SSSR count). The van der Waals surface area contributed by atoms with Crippen molar-refractivity contribution < 1.29 is 24.2 Å². The lowest BCUT2D eigenvalue weighted by Gasteiger charge is -2.24. The molecule has 3 aromatic carbocycles. The monoisotopic (exact) mass is 528 g/mol. The van der Waals surface area contributed by atoms with Gasteiger partial charge in [-0.2, -0.15) is 0 Å². The van der Waals surface area contributed by atoms with Crippen LogP contribution in [0, 0.1) is 13.8 Å². The Morgan fingerprint density at radius 3 is 2.39 bits per heavy atom. The summed E-state index contributed by atoms with van der Waals surface area (Å²) < 4.78 is 12.5. The number of ether oxygens (including phenoxy) is 2. The maximum Gasteiger partial charge on any atom is 0.301 e. The van der Waals surface area contributed by atoms with Crippen LogP contribution in [0.15, 0.2) is 66.2 Å². The molecule has 1 aromatic heterocycles. The van der Waals surface area contributed by atoms with E-state index in [4.69, 9.17) is 14.5 Å². The number of hydrogen-bond donors (Lipinski definition) is 1. The number of ketones is 1. The topological polar surface area (TPSA) is 89.0 Å². The highest BCUT2D eigenvalue weighted by molar-refractivity contribution is 7.22. The Labute approximate surface area is 225 Å². The van der Waals surface area contributed by atoms with Crippen molar-refractivity contribution in [1.82, 2.24) is 4.98 Å². The molecule has 1 fully saturated rings. The van der Waals surface area contributed by atoms with Gasteiger partial charge in [0.15, 0.2) is 16.6 Å². The third-order valence-corrected chi connectivity index (χ3v) is 7.40. The number of carbonyl (C=O) groups excluding carboxylic acids is 2. The number of amides is 1. The highest BCUT2D eigenvalue weighted by atomic mass is 32.1. The maximum atomic E-state index is 13.6. The van der Waals surface area contributed by atoms with Crippen LogP contribution in [0.3, 0.4) is 0 Å². The largest absolute Gasteiger partial charge is 0.507 e. The number of aliphatic hydroxyl groups is 1. The molecule has 0 aliphatic carbocycles. The number of thiazole rings is 1. The van der Waals surface area contributed by atoms with E-state index in [1.165, 1.54) is 16.2 Å². The SMILES string of the molecule is CCOc1ccc(C2/C(=C(\O)c3ccccc3)C(=O)C(=O)N2c2nc3c(C)cc(C)cc3s2)cc1OCC. The molecule has 1 amide bonds. The molecule has 4 aromatic rings. The zero-order valence-corrected chi connectivity index (χ0v) is 22.5. The Balaban J connectivity index is 1.75. The first-order valence-corrected chi connectivity index (χ1v) is 13.3. The molecule has 1 aliphatic heterocycles. The van der Waals surface area contributed by atoms with Gasteiger partial charge in [0, 0.05) is 5.56 Å². The molecule has 0 saturated carbocycles. The molecule has 1 atom stereocenters. The van der Waals surface area contributed by atoms with Crippen LogP contribution < -0.4 is 14.4 Å². The van der Waals surface area contributed by atoms with E-state index in [1.54, 1.807) is 42.5 Å². The van der Waals surface area contributed by atoms with Gasteiger partial charge in [0.2, 0.25) is 0 Å². The Hall–Kier alpha value is -4.17. The van der Waals surface area contributed by atoms with Crippen LogP contribution >= 0.6 is 11.3 Å². The minimum atomic E-state index is -0.910. The van der Waals surface area contributed by atoms with E-state index in [9.17, 15) is 14.7 Å². The van der Waals surface area contributed by atoms with Crippen LogP contribution in [-0.2, 0) is 9.59 Å². The van der Waals surface area contributed by atoms with Crippen LogP contribution in [0.1, 0.15) is 42.1 Å². The van der Waals surface area contributed by atoms with Gasteiger partial charge in [0.25, 0.3) is 5.78 Å². The molecular formula is C30H28N2O5S. The number of fused-ring (bicyclic) bond motifs is 1. The number of Topliss-reactive ketones (excluding diaryl/α,β-unsaturated/α-hetero) is 1. The summed E-state index contributed by atoms with van der Waals surface area (Å²) in [5.74, 6) is -0.698. The molecule has 38 heavy (non-hydrogen) atoms. The fourth-order valence-corrected chi connectivity index (χ4v) is 5.96. The van der Waals surface area contributed by atoms with E-state index in [0.29, 0.717) is 41.0 Å². The lowest BCUT2D eigenvalue weighted by Crippen LogP contribution is -2.29. The predicted molar refractivity (Wildman–Crippen MR) is 149 cm³/mol. The van der Waals surface area contributed by atoms with E-state index >= 15 is 0 Å². The first kappa shape index (κ1) is 25.5. The molecular weight excluding hydrogens is 500 g/mol. The molecule has 1 unspecified atom stereocenters. The van der Waals surface area contributed by atoms with E-state index in [0.717, 1.165) is 21.3 Å². The molecule has 1 N–H and O–H groups in total. The van der Waals surface area contributed by atoms with Crippen LogP contribution in [0.4, 0.5) is 5.13 Å². The second-order valence-electron chi connectivity index (χ2n) is 9.03. The van der Waals surface area contributed by atoms with Crippen molar-refractivity contribution in [2.24, 2.45) is 0 Å². The fraction of sp³-hybridized carbons (Fsp3) is 0.233. The number of aliphatic hydroxyl groups excluding tert-OH is 1. The van der Waals surface area contributed by atoms with Gasteiger partial charge in [-0.3, -0.25) is 14.5 Å². The summed E-state index contributed by atoms with van der Waals surface area (Å²) in [7, 11) is 0. The van der Waals surface area contributed by atoms with Crippen molar-refractivity contribution in [3.63, 3.8) is 0 Å². The summed E-state index contributed by atoms with van der Waals surface area (Å²) in [5, 5.41) is 11.7. The van der Waals surface area contributed by atoms with Gasteiger partial charge in [-0.15, -0.1) is 0 Å². The van der Waals surface area contributed by atoms with Gasteiger partial charge < -0.3 is 14.6 Å².